The number of hydrogen-bond donors (Lipinski definition) is 3. The predicted molar refractivity (Wildman–Crippen MR) is 72.1 cm³/mol. The molecule has 0 aromatic heterocycles. The SMILES string of the molecule is O=C(O)c1ccc(/C=C/c2ccccc2)c(O)c1O. The monoisotopic (exact) mass is 256 g/mol. The Labute approximate surface area is 109 Å². The van der Waals surface area contributed by atoms with Crippen molar-refractivity contribution in [3.05, 3.63) is 59.2 Å². The van der Waals surface area contributed by atoms with E-state index in [0.29, 0.717) is 5.56 Å². The van der Waals surface area contributed by atoms with Crippen molar-refractivity contribution in [3.8, 4) is 11.5 Å². The van der Waals surface area contributed by atoms with Crippen molar-refractivity contribution in [2.24, 2.45) is 0 Å². The van der Waals surface area contributed by atoms with E-state index in [1.54, 1.807) is 12.2 Å². The Morgan fingerprint density at radius 1 is 0.895 bits per heavy atom. The van der Waals surface area contributed by atoms with E-state index in [4.69, 9.17) is 5.11 Å². The van der Waals surface area contributed by atoms with Gasteiger partial charge in [-0.1, -0.05) is 48.6 Å². The summed E-state index contributed by atoms with van der Waals surface area (Å²) in [5.74, 6) is -2.35. The molecule has 3 N–H and O–H groups in total. The molecule has 0 saturated heterocycles. The number of phenolic OH excluding ortho intramolecular Hbond substituents is 1. The molecule has 4 heteroatoms. The Morgan fingerprint density at radius 2 is 1.58 bits per heavy atom. The average molecular weight is 256 g/mol. The van der Waals surface area contributed by atoms with Gasteiger partial charge in [0.1, 0.15) is 5.56 Å². The number of phenols is 2. The van der Waals surface area contributed by atoms with Crippen molar-refractivity contribution in [3.63, 3.8) is 0 Å². The van der Waals surface area contributed by atoms with Crippen LogP contribution in [0.4, 0.5) is 0 Å². The van der Waals surface area contributed by atoms with E-state index in [1.807, 2.05) is 30.3 Å². The molecular weight excluding hydrogens is 244 g/mol. The minimum atomic E-state index is -1.29. The van der Waals surface area contributed by atoms with Crippen LogP contribution >= 0.6 is 0 Å². The Balaban J connectivity index is 2.35. The minimum absolute atomic E-state index is 0.325. The highest BCUT2D eigenvalue weighted by Crippen LogP contribution is 2.33. The lowest BCUT2D eigenvalue weighted by Crippen LogP contribution is -1.97. The molecule has 0 aliphatic heterocycles. The highest BCUT2D eigenvalue weighted by molar-refractivity contribution is 5.93. The van der Waals surface area contributed by atoms with Gasteiger partial charge in [-0.15, -0.1) is 0 Å². The molecule has 19 heavy (non-hydrogen) atoms. The first-order chi connectivity index (χ1) is 9.09. The Hall–Kier alpha value is -2.75. The van der Waals surface area contributed by atoms with Crippen LogP contribution in [0.15, 0.2) is 42.5 Å². The molecule has 2 aromatic carbocycles. The van der Waals surface area contributed by atoms with Crippen LogP contribution in [-0.2, 0) is 0 Å². The maximum Gasteiger partial charge on any atom is 0.339 e. The van der Waals surface area contributed by atoms with E-state index in [2.05, 4.69) is 0 Å². The summed E-state index contributed by atoms with van der Waals surface area (Å²) in [6.07, 6.45) is 3.37. The van der Waals surface area contributed by atoms with Crippen LogP contribution in [0.2, 0.25) is 0 Å². The average Bonchev–Trinajstić information content (AvgIpc) is 2.41. The third kappa shape index (κ3) is 2.74. The highest BCUT2D eigenvalue weighted by atomic mass is 16.4. The van der Waals surface area contributed by atoms with Crippen molar-refractivity contribution in [1.29, 1.82) is 0 Å². The second kappa shape index (κ2) is 5.27. The standard InChI is InChI=1S/C15H12O4/c16-13-11(7-6-10-4-2-1-3-5-10)8-9-12(14(13)17)15(18)19/h1-9,16-17H,(H,18,19)/b7-6+. The fourth-order valence-corrected chi connectivity index (χ4v) is 1.65. The van der Waals surface area contributed by atoms with E-state index in [1.165, 1.54) is 12.1 Å². The molecule has 0 atom stereocenters. The van der Waals surface area contributed by atoms with Crippen LogP contribution < -0.4 is 0 Å². The van der Waals surface area contributed by atoms with Gasteiger partial charge in [-0.05, 0) is 11.6 Å². The zero-order valence-electron chi connectivity index (χ0n) is 9.95. The van der Waals surface area contributed by atoms with Crippen LogP contribution in [0.5, 0.6) is 11.5 Å². The summed E-state index contributed by atoms with van der Waals surface area (Å²) in [6.45, 7) is 0. The number of aromatic carboxylic acids is 1. The zero-order valence-corrected chi connectivity index (χ0v) is 9.95. The molecular formula is C15H12O4. The molecule has 2 aromatic rings. The second-order valence-electron chi connectivity index (χ2n) is 3.95. The van der Waals surface area contributed by atoms with Crippen LogP contribution in [0.3, 0.4) is 0 Å². The molecule has 0 spiro atoms. The maximum atomic E-state index is 10.8. The fraction of sp³-hybridized carbons (Fsp3) is 0. The molecule has 0 bridgehead atoms. The summed E-state index contributed by atoms with van der Waals surface area (Å²) in [4.78, 5) is 10.8. The molecule has 0 radical (unpaired) electrons. The predicted octanol–water partition coefficient (Wildman–Crippen LogP) is 2.97. The van der Waals surface area contributed by atoms with Crippen LogP contribution in [-0.4, -0.2) is 21.3 Å². The van der Waals surface area contributed by atoms with Crippen LogP contribution in [0.25, 0.3) is 12.2 Å². The number of carboxylic acid groups (broad SMARTS) is 1. The van der Waals surface area contributed by atoms with Gasteiger partial charge in [-0.25, -0.2) is 4.79 Å². The number of carbonyl (C=O) groups is 1. The van der Waals surface area contributed by atoms with E-state index in [-0.39, 0.29) is 5.56 Å². The highest BCUT2D eigenvalue weighted by Gasteiger charge is 2.15. The molecule has 0 aliphatic rings. The van der Waals surface area contributed by atoms with E-state index in [9.17, 15) is 15.0 Å². The van der Waals surface area contributed by atoms with Crippen LogP contribution in [0, 0.1) is 0 Å². The number of hydrogen-bond acceptors (Lipinski definition) is 3. The quantitative estimate of drug-likeness (QED) is 0.582. The lowest BCUT2D eigenvalue weighted by molar-refractivity contribution is 0.0693. The van der Waals surface area contributed by atoms with Gasteiger partial charge in [0, 0.05) is 5.56 Å². The van der Waals surface area contributed by atoms with Gasteiger partial charge in [0.05, 0.1) is 0 Å². The Kier molecular flexibility index (Phi) is 3.52. The third-order valence-corrected chi connectivity index (χ3v) is 2.67. The molecule has 0 amide bonds. The fourth-order valence-electron chi connectivity index (χ4n) is 1.65. The topological polar surface area (TPSA) is 77.8 Å². The van der Waals surface area contributed by atoms with E-state index >= 15 is 0 Å². The van der Waals surface area contributed by atoms with E-state index in [0.717, 1.165) is 5.56 Å². The summed E-state index contributed by atoms with van der Waals surface area (Å²) < 4.78 is 0. The molecule has 0 heterocycles. The van der Waals surface area contributed by atoms with Crippen molar-refractivity contribution in [1.82, 2.24) is 0 Å². The number of aromatic hydroxyl groups is 2. The largest absolute Gasteiger partial charge is 0.504 e. The van der Waals surface area contributed by atoms with Gasteiger partial charge in [0.25, 0.3) is 0 Å². The normalized spacial score (nSPS) is 10.7. The minimum Gasteiger partial charge on any atom is -0.504 e. The first-order valence-electron chi connectivity index (χ1n) is 5.61. The molecule has 0 unspecified atom stereocenters. The lowest BCUT2D eigenvalue weighted by Gasteiger charge is -2.05. The summed E-state index contributed by atoms with van der Waals surface area (Å²) in [5.41, 5.74) is 0.962. The van der Waals surface area contributed by atoms with Gasteiger partial charge in [-0.2, -0.15) is 0 Å². The number of rotatable bonds is 3. The smallest absolute Gasteiger partial charge is 0.339 e. The van der Waals surface area contributed by atoms with Gasteiger partial charge >= 0.3 is 5.97 Å². The van der Waals surface area contributed by atoms with Crippen molar-refractivity contribution < 1.29 is 20.1 Å². The maximum absolute atomic E-state index is 10.8. The molecule has 4 nitrogen and oxygen atoms in total. The molecule has 0 fully saturated rings. The lowest BCUT2D eigenvalue weighted by atomic mass is 10.1. The molecule has 2 rings (SSSR count). The first-order valence-corrected chi connectivity index (χ1v) is 5.61. The van der Waals surface area contributed by atoms with E-state index < -0.39 is 17.5 Å². The summed E-state index contributed by atoms with van der Waals surface area (Å²) in [5, 5.41) is 28.1. The third-order valence-electron chi connectivity index (χ3n) is 2.67. The van der Waals surface area contributed by atoms with Gasteiger partial charge in [0.15, 0.2) is 11.5 Å². The van der Waals surface area contributed by atoms with Crippen LogP contribution in [0.1, 0.15) is 21.5 Å². The summed E-state index contributed by atoms with van der Waals surface area (Å²) in [6, 6.07) is 12.1. The number of benzene rings is 2. The first kappa shape index (κ1) is 12.7. The second-order valence-corrected chi connectivity index (χ2v) is 3.95. The summed E-state index contributed by atoms with van der Waals surface area (Å²) in [7, 11) is 0. The Bertz CT molecular complexity index is 630. The van der Waals surface area contributed by atoms with Crippen molar-refractivity contribution >= 4 is 18.1 Å². The van der Waals surface area contributed by atoms with Crippen molar-refractivity contribution in [2.75, 3.05) is 0 Å². The molecule has 0 aliphatic carbocycles. The molecule has 0 saturated carbocycles. The van der Waals surface area contributed by atoms with Gasteiger partial charge in [0.2, 0.25) is 0 Å². The van der Waals surface area contributed by atoms with Gasteiger partial charge in [-0.3, -0.25) is 0 Å². The molecule has 96 valence electrons. The summed E-state index contributed by atoms with van der Waals surface area (Å²) >= 11 is 0. The zero-order chi connectivity index (χ0) is 13.8. The van der Waals surface area contributed by atoms with Crippen molar-refractivity contribution in [2.45, 2.75) is 0 Å². The number of carboxylic acids is 1. The Morgan fingerprint density at radius 3 is 2.21 bits per heavy atom. The van der Waals surface area contributed by atoms with Gasteiger partial charge < -0.3 is 15.3 Å².